The van der Waals surface area contributed by atoms with Gasteiger partial charge in [0.1, 0.15) is 17.3 Å². The molecule has 3 heterocycles. The van der Waals surface area contributed by atoms with Gasteiger partial charge in [0.2, 0.25) is 0 Å². The molecule has 0 radical (unpaired) electrons. The molecule has 0 unspecified atom stereocenters. The number of anilines is 1. The lowest BCUT2D eigenvalue weighted by Crippen LogP contribution is -2.41. The smallest absolute Gasteiger partial charge is 0.257 e. The number of amides is 1. The van der Waals surface area contributed by atoms with Gasteiger partial charge in [0.05, 0.1) is 33.0 Å². The number of hydrogen-bond donors (Lipinski definition) is 0. The van der Waals surface area contributed by atoms with Crippen molar-refractivity contribution in [1.82, 2.24) is 9.88 Å². The Morgan fingerprint density at radius 1 is 1.06 bits per heavy atom. The molecular weight excluding hydrogens is 406 g/mol. The Morgan fingerprint density at radius 3 is 2.41 bits per heavy atom. The third-order valence-corrected chi connectivity index (χ3v) is 6.48. The summed E-state index contributed by atoms with van der Waals surface area (Å²) in [5.74, 6) is 3.15. The molecule has 2 fully saturated rings. The van der Waals surface area contributed by atoms with E-state index in [1.165, 1.54) is 5.56 Å². The van der Waals surface area contributed by atoms with E-state index in [2.05, 4.69) is 22.0 Å². The number of carbonyl (C=O) groups is 1. The van der Waals surface area contributed by atoms with E-state index < -0.39 is 0 Å². The average molecular weight is 440 g/mol. The fraction of sp³-hybridized carbons (Fsp3) is 0.520. The summed E-state index contributed by atoms with van der Waals surface area (Å²) in [5, 5.41) is 0. The predicted molar refractivity (Wildman–Crippen MR) is 124 cm³/mol. The van der Waals surface area contributed by atoms with Gasteiger partial charge in [0, 0.05) is 38.4 Å². The fourth-order valence-corrected chi connectivity index (χ4v) is 4.57. The van der Waals surface area contributed by atoms with Crippen LogP contribution in [0.25, 0.3) is 0 Å². The van der Waals surface area contributed by atoms with E-state index in [-0.39, 0.29) is 5.91 Å². The van der Waals surface area contributed by atoms with Crippen LogP contribution in [0.5, 0.6) is 11.5 Å². The molecule has 0 spiro atoms. The summed E-state index contributed by atoms with van der Waals surface area (Å²) >= 11 is 0. The van der Waals surface area contributed by atoms with E-state index in [4.69, 9.17) is 14.2 Å². The van der Waals surface area contributed by atoms with E-state index in [1.807, 2.05) is 23.1 Å². The van der Waals surface area contributed by atoms with E-state index in [0.29, 0.717) is 24.7 Å². The van der Waals surface area contributed by atoms with Gasteiger partial charge in [0.25, 0.3) is 5.91 Å². The molecular formula is C25H33N3O4. The second-order valence-corrected chi connectivity index (χ2v) is 8.47. The molecule has 4 rings (SSSR count). The van der Waals surface area contributed by atoms with Crippen LogP contribution in [-0.4, -0.2) is 69.4 Å². The highest BCUT2D eigenvalue weighted by Gasteiger charge is 2.27. The van der Waals surface area contributed by atoms with Crippen molar-refractivity contribution in [2.24, 2.45) is 5.92 Å². The molecule has 2 aliphatic heterocycles. The maximum atomic E-state index is 13.3. The first-order valence-corrected chi connectivity index (χ1v) is 11.5. The molecule has 2 saturated heterocycles. The zero-order valence-corrected chi connectivity index (χ0v) is 19.1. The predicted octanol–water partition coefficient (Wildman–Crippen LogP) is 3.42. The molecule has 0 bridgehead atoms. The number of morpholine rings is 1. The molecule has 0 atom stereocenters. The third-order valence-electron chi connectivity index (χ3n) is 6.48. The monoisotopic (exact) mass is 439 g/mol. The highest BCUT2D eigenvalue weighted by atomic mass is 16.5. The second-order valence-electron chi connectivity index (χ2n) is 8.47. The minimum Gasteiger partial charge on any atom is -0.497 e. The largest absolute Gasteiger partial charge is 0.497 e. The van der Waals surface area contributed by atoms with Gasteiger partial charge in [-0.2, -0.15) is 0 Å². The number of methoxy groups -OCH3 is 2. The molecule has 1 amide bonds. The first-order chi connectivity index (χ1) is 15.7. The van der Waals surface area contributed by atoms with Crippen LogP contribution < -0.4 is 14.4 Å². The number of rotatable bonds is 7. The first-order valence-electron chi connectivity index (χ1n) is 11.5. The molecule has 0 saturated carbocycles. The van der Waals surface area contributed by atoms with E-state index in [9.17, 15) is 4.79 Å². The number of piperidine rings is 1. The third kappa shape index (κ3) is 5.33. The standard InChI is InChI=1S/C25H33N3O4/c1-30-21-16-20(17-22(18-21)31-2)6-5-19-7-10-28(11-8-19)25(29)23-4-3-9-26-24(23)27-12-14-32-15-13-27/h3-4,9,16-19H,5-8,10-15H2,1-2H3. The van der Waals surface area contributed by atoms with Gasteiger partial charge in [-0.3, -0.25) is 4.79 Å². The zero-order chi connectivity index (χ0) is 22.3. The maximum absolute atomic E-state index is 13.3. The summed E-state index contributed by atoms with van der Waals surface area (Å²) in [5.41, 5.74) is 1.93. The first kappa shape index (κ1) is 22.4. The number of carbonyl (C=O) groups excluding carboxylic acids is 1. The van der Waals surface area contributed by atoms with Crippen LogP contribution in [0.4, 0.5) is 5.82 Å². The van der Waals surface area contributed by atoms with Gasteiger partial charge in [-0.1, -0.05) is 0 Å². The minimum absolute atomic E-state index is 0.0931. The van der Waals surface area contributed by atoms with Gasteiger partial charge in [-0.15, -0.1) is 0 Å². The van der Waals surface area contributed by atoms with Crippen LogP contribution in [0.3, 0.4) is 0 Å². The lowest BCUT2D eigenvalue weighted by Gasteiger charge is -2.34. The van der Waals surface area contributed by atoms with E-state index in [1.54, 1.807) is 20.4 Å². The molecule has 0 aliphatic carbocycles. The summed E-state index contributed by atoms with van der Waals surface area (Å²) in [6.45, 7) is 4.48. The summed E-state index contributed by atoms with van der Waals surface area (Å²) < 4.78 is 16.2. The van der Waals surface area contributed by atoms with Crippen LogP contribution in [0, 0.1) is 5.92 Å². The Balaban J connectivity index is 1.33. The van der Waals surface area contributed by atoms with Crippen molar-refractivity contribution in [3.8, 4) is 11.5 Å². The summed E-state index contributed by atoms with van der Waals surface area (Å²) in [6.07, 6.45) is 5.90. The molecule has 32 heavy (non-hydrogen) atoms. The molecule has 7 heteroatoms. The average Bonchev–Trinajstić information content (AvgIpc) is 2.87. The Bertz CT molecular complexity index is 884. The molecule has 2 aromatic rings. The summed E-state index contributed by atoms with van der Waals surface area (Å²) in [7, 11) is 3.36. The van der Waals surface area contributed by atoms with E-state index in [0.717, 1.165) is 69.2 Å². The minimum atomic E-state index is 0.0931. The van der Waals surface area contributed by atoms with Crippen molar-refractivity contribution in [1.29, 1.82) is 0 Å². The van der Waals surface area contributed by atoms with Crippen LogP contribution in [0.1, 0.15) is 35.2 Å². The van der Waals surface area contributed by atoms with Gasteiger partial charge < -0.3 is 24.0 Å². The number of pyridine rings is 1. The number of benzene rings is 1. The van der Waals surface area contributed by atoms with Crippen molar-refractivity contribution in [2.75, 3.05) is 58.5 Å². The highest BCUT2D eigenvalue weighted by Crippen LogP contribution is 2.28. The maximum Gasteiger partial charge on any atom is 0.257 e. The number of hydrogen-bond acceptors (Lipinski definition) is 6. The molecule has 2 aliphatic rings. The lowest BCUT2D eigenvalue weighted by molar-refractivity contribution is 0.0686. The van der Waals surface area contributed by atoms with Crippen molar-refractivity contribution in [3.63, 3.8) is 0 Å². The summed E-state index contributed by atoms with van der Waals surface area (Å²) in [6, 6.07) is 9.82. The Kier molecular flexibility index (Phi) is 7.47. The Hall–Kier alpha value is -2.80. The van der Waals surface area contributed by atoms with Crippen molar-refractivity contribution in [2.45, 2.75) is 25.7 Å². The van der Waals surface area contributed by atoms with Crippen LogP contribution >= 0.6 is 0 Å². The number of aryl methyl sites for hydroxylation is 1. The number of ether oxygens (including phenoxy) is 3. The van der Waals surface area contributed by atoms with Crippen molar-refractivity contribution in [3.05, 3.63) is 47.7 Å². The Morgan fingerprint density at radius 2 is 1.75 bits per heavy atom. The number of nitrogens with zero attached hydrogens (tertiary/aromatic N) is 3. The molecule has 1 aromatic carbocycles. The topological polar surface area (TPSA) is 64.1 Å². The normalized spacial score (nSPS) is 17.3. The highest BCUT2D eigenvalue weighted by molar-refractivity contribution is 5.99. The summed E-state index contributed by atoms with van der Waals surface area (Å²) in [4.78, 5) is 22.0. The van der Waals surface area contributed by atoms with E-state index >= 15 is 0 Å². The molecule has 0 N–H and O–H groups in total. The zero-order valence-electron chi connectivity index (χ0n) is 19.1. The van der Waals surface area contributed by atoms with Gasteiger partial charge in [-0.05, 0) is 61.4 Å². The van der Waals surface area contributed by atoms with Crippen molar-refractivity contribution >= 4 is 11.7 Å². The van der Waals surface area contributed by atoms with Crippen LogP contribution in [-0.2, 0) is 11.2 Å². The molecule has 7 nitrogen and oxygen atoms in total. The van der Waals surface area contributed by atoms with Crippen LogP contribution in [0.2, 0.25) is 0 Å². The van der Waals surface area contributed by atoms with Gasteiger partial charge in [-0.25, -0.2) is 4.98 Å². The lowest BCUT2D eigenvalue weighted by atomic mass is 9.90. The number of likely N-dealkylation sites (tertiary alicyclic amines) is 1. The van der Waals surface area contributed by atoms with Gasteiger partial charge in [0.15, 0.2) is 0 Å². The number of aromatic nitrogens is 1. The SMILES string of the molecule is COc1cc(CCC2CCN(C(=O)c3cccnc3N3CCOCC3)CC2)cc(OC)c1. The quantitative estimate of drug-likeness (QED) is 0.659. The van der Waals surface area contributed by atoms with Crippen LogP contribution in [0.15, 0.2) is 36.5 Å². The molecule has 172 valence electrons. The van der Waals surface area contributed by atoms with Gasteiger partial charge >= 0.3 is 0 Å². The van der Waals surface area contributed by atoms with Crippen molar-refractivity contribution < 1.29 is 19.0 Å². The Labute approximate surface area is 190 Å². The fourth-order valence-electron chi connectivity index (χ4n) is 4.57. The second kappa shape index (κ2) is 10.7. The molecule has 1 aromatic heterocycles.